The largest absolute Gasteiger partial charge is 0.382 e. The molecule has 18 nitrogen and oxygen atoms in total. The predicted molar refractivity (Wildman–Crippen MR) is 195 cm³/mol. The zero-order valence-corrected chi connectivity index (χ0v) is 31.4. The molecule has 298 valence electrons. The van der Waals surface area contributed by atoms with E-state index in [4.69, 9.17) is 39.9 Å². The average molecular weight is 743 g/mol. The molecule has 1 aromatic rings. The summed E-state index contributed by atoms with van der Waals surface area (Å²) in [7, 11) is 0. The van der Waals surface area contributed by atoms with Crippen molar-refractivity contribution < 1.29 is 47.6 Å². The lowest BCUT2D eigenvalue weighted by Crippen LogP contribution is -2.31. The van der Waals surface area contributed by atoms with Crippen LogP contribution in [0.3, 0.4) is 0 Å². The predicted octanol–water partition coefficient (Wildman–Crippen LogP) is 0.305. The van der Waals surface area contributed by atoms with Gasteiger partial charge in [-0.15, -0.1) is 0 Å². The quantitative estimate of drug-likeness (QED) is 0.0544. The van der Waals surface area contributed by atoms with Crippen molar-refractivity contribution in [3.8, 4) is 0 Å². The molecule has 0 unspecified atom stereocenters. The minimum atomic E-state index is -0.563. The van der Waals surface area contributed by atoms with Crippen LogP contribution >= 0.6 is 0 Å². The number of amides is 4. The number of nitrogens with one attached hydrogen (secondary N) is 4. The number of rotatable bonds is 32. The molecule has 0 radical (unpaired) electrons. The minimum absolute atomic E-state index is 0.0225. The van der Waals surface area contributed by atoms with Gasteiger partial charge in [0.2, 0.25) is 11.8 Å². The fraction of sp³-hybridized carbons (Fsp3) is 0.765. The minimum Gasteiger partial charge on any atom is -0.382 e. The second-order valence-electron chi connectivity index (χ2n) is 12.2. The number of nitrogen functional groups attached to an aromatic ring is 2. The van der Waals surface area contributed by atoms with Crippen LogP contribution in [0.2, 0.25) is 0 Å². The fourth-order valence-corrected chi connectivity index (χ4v) is 3.98. The number of ether oxygens (including phenoxy) is 6. The zero-order valence-electron chi connectivity index (χ0n) is 31.4. The summed E-state index contributed by atoms with van der Waals surface area (Å²) in [5, 5.41) is 11.0. The molecule has 4 amide bonds. The SMILES string of the molecule is CC(C)C(=O)NCCCOCCOCCOCCCNC(=O)c1nc(N)c(C(=O)NCCCOCCOCCOCCCNC(=O)C(C)C)nc1N. The Labute approximate surface area is 307 Å². The summed E-state index contributed by atoms with van der Waals surface area (Å²) in [5.74, 6) is -1.52. The maximum atomic E-state index is 12.5. The van der Waals surface area contributed by atoms with Gasteiger partial charge in [0.1, 0.15) is 0 Å². The first-order valence-corrected chi connectivity index (χ1v) is 18.1. The summed E-state index contributed by atoms with van der Waals surface area (Å²) in [4.78, 5) is 56.0. The van der Waals surface area contributed by atoms with E-state index in [0.717, 1.165) is 12.8 Å². The average Bonchev–Trinajstić information content (AvgIpc) is 3.11. The van der Waals surface area contributed by atoms with Gasteiger partial charge in [0.15, 0.2) is 23.0 Å². The van der Waals surface area contributed by atoms with Gasteiger partial charge in [0, 0.05) is 64.4 Å². The van der Waals surface area contributed by atoms with Crippen LogP contribution in [0, 0.1) is 11.8 Å². The fourth-order valence-electron chi connectivity index (χ4n) is 3.98. The lowest BCUT2D eigenvalue weighted by molar-refractivity contribution is -0.124. The third kappa shape index (κ3) is 23.0. The third-order valence-electron chi connectivity index (χ3n) is 6.95. The molecule has 0 spiro atoms. The van der Waals surface area contributed by atoms with E-state index < -0.39 is 11.8 Å². The normalized spacial score (nSPS) is 11.2. The Morgan fingerprint density at radius 1 is 0.462 bits per heavy atom. The molecule has 0 aliphatic carbocycles. The molecule has 0 aromatic carbocycles. The summed E-state index contributed by atoms with van der Waals surface area (Å²) >= 11 is 0. The highest BCUT2D eigenvalue weighted by atomic mass is 16.5. The van der Waals surface area contributed by atoms with E-state index in [1.165, 1.54) is 0 Å². The summed E-state index contributed by atoms with van der Waals surface area (Å²) in [6.45, 7) is 14.5. The van der Waals surface area contributed by atoms with Crippen LogP contribution in [0.1, 0.15) is 74.4 Å². The van der Waals surface area contributed by atoms with Gasteiger partial charge in [0.05, 0.1) is 52.9 Å². The topological polar surface area (TPSA) is 250 Å². The lowest BCUT2D eigenvalue weighted by atomic mass is 10.2. The van der Waals surface area contributed by atoms with E-state index >= 15 is 0 Å². The molecular weight excluding hydrogens is 680 g/mol. The maximum absolute atomic E-state index is 12.5. The number of anilines is 2. The molecule has 0 saturated carbocycles. The molecule has 18 heteroatoms. The Morgan fingerprint density at radius 3 is 0.981 bits per heavy atom. The molecule has 0 saturated heterocycles. The van der Waals surface area contributed by atoms with Crippen molar-refractivity contribution in [2.45, 2.75) is 53.4 Å². The first-order valence-electron chi connectivity index (χ1n) is 18.1. The number of carbonyl (C=O) groups excluding carboxylic acids is 4. The van der Waals surface area contributed by atoms with Crippen LogP contribution in [0.15, 0.2) is 0 Å². The Hall–Kier alpha value is -3.68. The van der Waals surface area contributed by atoms with E-state index in [9.17, 15) is 19.2 Å². The van der Waals surface area contributed by atoms with Gasteiger partial charge in [-0.3, -0.25) is 19.2 Å². The van der Waals surface area contributed by atoms with Gasteiger partial charge in [-0.05, 0) is 25.7 Å². The monoisotopic (exact) mass is 742 g/mol. The van der Waals surface area contributed by atoms with Crippen molar-refractivity contribution >= 4 is 35.3 Å². The summed E-state index contributed by atoms with van der Waals surface area (Å²) in [5.41, 5.74) is 11.5. The summed E-state index contributed by atoms with van der Waals surface area (Å²) < 4.78 is 32.9. The van der Waals surface area contributed by atoms with Gasteiger partial charge in [-0.25, -0.2) is 9.97 Å². The van der Waals surface area contributed by atoms with E-state index in [1.807, 2.05) is 27.7 Å². The second-order valence-corrected chi connectivity index (χ2v) is 12.2. The molecule has 1 aromatic heterocycles. The molecular formula is C34H62N8O10. The third-order valence-corrected chi connectivity index (χ3v) is 6.95. The number of hydrogen-bond donors (Lipinski definition) is 6. The Balaban J connectivity index is 2.05. The summed E-state index contributed by atoms with van der Waals surface area (Å²) in [6.07, 6.45) is 2.57. The Bertz CT molecular complexity index is 1070. The molecule has 0 bridgehead atoms. The number of carbonyl (C=O) groups is 4. The van der Waals surface area contributed by atoms with Gasteiger partial charge < -0.3 is 61.2 Å². The molecule has 0 atom stereocenters. The molecule has 52 heavy (non-hydrogen) atoms. The van der Waals surface area contributed by atoms with Crippen LogP contribution < -0.4 is 32.7 Å². The molecule has 0 aliphatic rings. The Morgan fingerprint density at radius 2 is 0.712 bits per heavy atom. The van der Waals surface area contributed by atoms with Gasteiger partial charge in [-0.1, -0.05) is 27.7 Å². The van der Waals surface area contributed by atoms with E-state index in [1.54, 1.807) is 0 Å². The molecule has 0 fully saturated rings. The van der Waals surface area contributed by atoms with Crippen molar-refractivity contribution in [1.29, 1.82) is 0 Å². The standard InChI is InChI=1S/C34H62N8O10/c1-25(2)31(43)37-9-5-13-47-17-21-51-23-19-49-15-7-11-39-33(45)27-29(35)42-28(30(36)41-27)34(46)40-12-8-16-50-20-24-52-22-18-48-14-6-10-38-32(44)26(3)4/h25-26H,5-24H2,1-4H3,(H2,36,41)(H2,35,42)(H,37,43)(H,38,44)(H,39,45)(H,40,46). The first-order chi connectivity index (χ1) is 25.0. The van der Waals surface area contributed by atoms with Crippen molar-refractivity contribution in [3.05, 3.63) is 11.4 Å². The number of hydrogen-bond acceptors (Lipinski definition) is 14. The maximum Gasteiger partial charge on any atom is 0.273 e. The highest BCUT2D eigenvalue weighted by Gasteiger charge is 2.20. The molecule has 1 rings (SSSR count). The van der Waals surface area contributed by atoms with Crippen LogP contribution in [0.5, 0.6) is 0 Å². The molecule has 1 heterocycles. The molecule has 8 N–H and O–H groups in total. The van der Waals surface area contributed by atoms with Gasteiger partial charge >= 0.3 is 0 Å². The van der Waals surface area contributed by atoms with Crippen molar-refractivity contribution in [3.63, 3.8) is 0 Å². The van der Waals surface area contributed by atoms with Crippen LogP contribution in [0.25, 0.3) is 0 Å². The van der Waals surface area contributed by atoms with Crippen molar-refractivity contribution in [1.82, 2.24) is 31.2 Å². The van der Waals surface area contributed by atoms with Crippen LogP contribution in [0.4, 0.5) is 11.6 Å². The van der Waals surface area contributed by atoms with Crippen molar-refractivity contribution in [2.24, 2.45) is 11.8 Å². The van der Waals surface area contributed by atoms with E-state index in [-0.39, 0.29) is 46.7 Å². The van der Waals surface area contributed by atoms with Crippen LogP contribution in [-0.4, -0.2) is 139 Å². The smallest absolute Gasteiger partial charge is 0.273 e. The summed E-state index contributed by atoms with van der Waals surface area (Å²) in [6, 6.07) is 0. The highest BCUT2D eigenvalue weighted by molar-refractivity contribution is 6.00. The van der Waals surface area contributed by atoms with E-state index in [0.29, 0.717) is 118 Å². The van der Waals surface area contributed by atoms with Gasteiger partial charge in [0.25, 0.3) is 11.8 Å². The Kier molecular flexibility index (Phi) is 26.6. The van der Waals surface area contributed by atoms with E-state index in [2.05, 4.69) is 31.2 Å². The van der Waals surface area contributed by atoms with Crippen molar-refractivity contribution in [2.75, 3.05) is 117 Å². The van der Waals surface area contributed by atoms with Gasteiger partial charge in [-0.2, -0.15) is 0 Å². The zero-order chi connectivity index (χ0) is 38.4. The number of nitrogens with zero attached hydrogens (tertiary/aromatic N) is 2. The van der Waals surface area contributed by atoms with Crippen LogP contribution in [-0.2, 0) is 38.0 Å². The highest BCUT2D eigenvalue weighted by Crippen LogP contribution is 2.13. The lowest BCUT2D eigenvalue weighted by Gasteiger charge is -2.11. The molecule has 0 aliphatic heterocycles. The first kappa shape index (κ1) is 46.3. The second kappa shape index (κ2) is 29.9. The number of nitrogens with two attached hydrogens (primary N) is 2. The number of aromatic nitrogens is 2.